The van der Waals surface area contributed by atoms with Crippen LogP contribution in [-0.2, 0) is 4.79 Å². The van der Waals surface area contributed by atoms with Crippen LogP contribution in [0.15, 0.2) is 12.1 Å². The molecular formula is C15H22F2N2O. The number of aryl methyl sites for hydroxylation is 1. The van der Waals surface area contributed by atoms with Gasteiger partial charge in [-0.2, -0.15) is 0 Å². The Morgan fingerprint density at radius 2 is 1.95 bits per heavy atom. The van der Waals surface area contributed by atoms with E-state index in [9.17, 15) is 13.6 Å². The average molecular weight is 284 g/mol. The third-order valence-corrected chi connectivity index (χ3v) is 3.15. The molecule has 0 aliphatic carbocycles. The zero-order valence-electron chi connectivity index (χ0n) is 12.4. The van der Waals surface area contributed by atoms with Gasteiger partial charge in [0.2, 0.25) is 5.91 Å². The van der Waals surface area contributed by atoms with Crippen LogP contribution in [0.25, 0.3) is 0 Å². The molecule has 5 heteroatoms. The normalized spacial score (nSPS) is 13.7. The lowest BCUT2D eigenvalue weighted by atomic mass is 10.1. The number of carbonyl (C=O) groups excluding carboxylic acids is 1. The first-order valence-corrected chi connectivity index (χ1v) is 6.88. The van der Waals surface area contributed by atoms with E-state index in [4.69, 9.17) is 0 Å². The maximum absolute atomic E-state index is 13.8. The Kier molecular flexibility index (Phi) is 5.92. The van der Waals surface area contributed by atoms with Crippen molar-refractivity contribution in [3.63, 3.8) is 0 Å². The van der Waals surface area contributed by atoms with E-state index < -0.39 is 17.7 Å². The van der Waals surface area contributed by atoms with Crippen LogP contribution in [0.3, 0.4) is 0 Å². The third-order valence-electron chi connectivity index (χ3n) is 3.15. The van der Waals surface area contributed by atoms with Crippen molar-refractivity contribution in [1.29, 1.82) is 0 Å². The minimum atomic E-state index is -0.708. The first kappa shape index (κ1) is 16.4. The lowest BCUT2D eigenvalue weighted by Gasteiger charge is -2.19. The van der Waals surface area contributed by atoms with Crippen molar-refractivity contribution in [2.24, 2.45) is 0 Å². The summed E-state index contributed by atoms with van der Waals surface area (Å²) in [7, 11) is 0. The smallest absolute Gasteiger partial charge is 0.242 e. The van der Waals surface area contributed by atoms with Crippen molar-refractivity contribution in [2.45, 2.75) is 52.6 Å². The monoisotopic (exact) mass is 284 g/mol. The molecule has 1 aromatic rings. The highest BCUT2D eigenvalue weighted by molar-refractivity contribution is 5.84. The Balaban J connectivity index is 2.73. The van der Waals surface area contributed by atoms with Gasteiger partial charge in [-0.25, -0.2) is 8.78 Å². The second kappa shape index (κ2) is 7.22. The van der Waals surface area contributed by atoms with Crippen LogP contribution >= 0.6 is 0 Å². The topological polar surface area (TPSA) is 41.1 Å². The summed E-state index contributed by atoms with van der Waals surface area (Å²) in [6.45, 7) is 7.06. The molecule has 2 unspecified atom stereocenters. The molecule has 0 heterocycles. The molecular weight excluding hydrogens is 262 g/mol. The van der Waals surface area contributed by atoms with Crippen LogP contribution in [0.5, 0.6) is 0 Å². The predicted octanol–water partition coefficient (Wildman–Crippen LogP) is 3.38. The van der Waals surface area contributed by atoms with Gasteiger partial charge in [0.05, 0.1) is 0 Å². The van der Waals surface area contributed by atoms with Gasteiger partial charge in [0.1, 0.15) is 17.5 Å². The van der Waals surface area contributed by atoms with E-state index in [0.29, 0.717) is 5.56 Å². The van der Waals surface area contributed by atoms with Gasteiger partial charge >= 0.3 is 0 Å². The Morgan fingerprint density at radius 1 is 1.30 bits per heavy atom. The standard InChI is InChI=1S/C15H22F2N2O/c1-5-6-10(3)18-15(20)11(4)19-14-12(16)8-7-9(2)13(14)17/h7-8,10-11,19H,5-6H2,1-4H3,(H,18,20). The van der Waals surface area contributed by atoms with Gasteiger partial charge in [-0.1, -0.05) is 19.4 Å². The number of halogens is 2. The highest BCUT2D eigenvalue weighted by Gasteiger charge is 2.19. The van der Waals surface area contributed by atoms with Gasteiger partial charge < -0.3 is 10.6 Å². The summed E-state index contributed by atoms with van der Waals surface area (Å²) in [6.07, 6.45) is 1.83. The molecule has 0 fully saturated rings. The van der Waals surface area contributed by atoms with Crippen molar-refractivity contribution >= 4 is 11.6 Å². The largest absolute Gasteiger partial charge is 0.369 e. The fourth-order valence-corrected chi connectivity index (χ4v) is 1.94. The molecule has 0 saturated heterocycles. The zero-order chi connectivity index (χ0) is 15.3. The first-order chi connectivity index (χ1) is 9.36. The van der Waals surface area contributed by atoms with Crippen molar-refractivity contribution < 1.29 is 13.6 Å². The van der Waals surface area contributed by atoms with Gasteiger partial charge in [-0.15, -0.1) is 0 Å². The molecule has 1 aromatic carbocycles. The summed E-state index contributed by atoms with van der Waals surface area (Å²) in [5, 5.41) is 5.41. The van der Waals surface area contributed by atoms with Gasteiger partial charge in [0.25, 0.3) is 0 Å². The first-order valence-electron chi connectivity index (χ1n) is 6.88. The molecule has 0 bridgehead atoms. The van der Waals surface area contributed by atoms with Crippen molar-refractivity contribution in [2.75, 3.05) is 5.32 Å². The Hall–Kier alpha value is -1.65. The zero-order valence-corrected chi connectivity index (χ0v) is 12.4. The van der Waals surface area contributed by atoms with Gasteiger partial charge in [0, 0.05) is 6.04 Å². The van der Waals surface area contributed by atoms with Crippen LogP contribution in [0.4, 0.5) is 14.5 Å². The van der Waals surface area contributed by atoms with E-state index in [2.05, 4.69) is 10.6 Å². The Labute approximate surface area is 118 Å². The maximum Gasteiger partial charge on any atom is 0.242 e. The molecule has 2 atom stereocenters. The summed E-state index contributed by atoms with van der Waals surface area (Å²) in [4.78, 5) is 11.9. The van der Waals surface area contributed by atoms with Gasteiger partial charge in [-0.05, 0) is 38.8 Å². The van der Waals surface area contributed by atoms with Crippen LogP contribution < -0.4 is 10.6 Å². The summed E-state index contributed by atoms with van der Waals surface area (Å²) in [5.74, 6) is -1.63. The van der Waals surface area contributed by atoms with Crippen LogP contribution in [-0.4, -0.2) is 18.0 Å². The van der Waals surface area contributed by atoms with Crippen LogP contribution in [0.1, 0.15) is 39.2 Å². The second-order valence-corrected chi connectivity index (χ2v) is 5.12. The fourth-order valence-electron chi connectivity index (χ4n) is 1.94. The fraction of sp³-hybridized carbons (Fsp3) is 0.533. The van der Waals surface area contributed by atoms with Crippen molar-refractivity contribution in [3.05, 3.63) is 29.3 Å². The number of amides is 1. The minimum Gasteiger partial charge on any atom is -0.369 e. The molecule has 0 aromatic heterocycles. The lowest BCUT2D eigenvalue weighted by Crippen LogP contribution is -2.42. The number of hydrogen-bond acceptors (Lipinski definition) is 2. The summed E-state index contributed by atoms with van der Waals surface area (Å²) in [6, 6.07) is 1.89. The number of rotatable bonds is 6. The van der Waals surface area contributed by atoms with Crippen molar-refractivity contribution in [3.8, 4) is 0 Å². The quantitative estimate of drug-likeness (QED) is 0.841. The molecule has 1 amide bonds. The van der Waals surface area contributed by atoms with Gasteiger partial charge in [-0.3, -0.25) is 4.79 Å². The molecule has 1 rings (SSSR count). The Morgan fingerprint density at radius 3 is 2.55 bits per heavy atom. The highest BCUT2D eigenvalue weighted by Crippen LogP contribution is 2.22. The van der Waals surface area contributed by atoms with E-state index >= 15 is 0 Å². The number of nitrogens with one attached hydrogen (secondary N) is 2. The molecule has 0 saturated carbocycles. The molecule has 0 spiro atoms. The predicted molar refractivity (Wildman–Crippen MR) is 76.7 cm³/mol. The summed E-state index contributed by atoms with van der Waals surface area (Å²) in [5.41, 5.74) is 0.0802. The molecule has 0 radical (unpaired) electrons. The van der Waals surface area contributed by atoms with Crippen molar-refractivity contribution in [1.82, 2.24) is 5.32 Å². The molecule has 2 N–H and O–H groups in total. The van der Waals surface area contributed by atoms with E-state index in [-0.39, 0.29) is 17.6 Å². The molecule has 0 aliphatic heterocycles. The third kappa shape index (κ3) is 4.18. The summed E-state index contributed by atoms with van der Waals surface area (Å²) < 4.78 is 27.4. The average Bonchev–Trinajstić information content (AvgIpc) is 2.39. The number of carbonyl (C=O) groups is 1. The minimum absolute atomic E-state index is 0.0453. The van der Waals surface area contributed by atoms with Crippen LogP contribution in [0, 0.1) is 18.6 Å². The number of anilines is 1. The summed E-state index contributed by atoms with van der Waals surface area (Å²) >= 11 is 0. The molecule has 20 heavy (non-hydrogen) atoms. The van der Waals surface area contributed by atoms with E-state index in [1.54, 1.807) is 13.8 Å². The Bertz CT molecular complexity index is 477. The lowest BCUT2D eigenvalue weighted by molar-refractivity contribution is -0.122. The number of hydrogen-bond donors (Lipinski definition) is 2. The second-order valence-electron chi connectivity index (χ2n) is 5.12. The maximum atomic E-state index is 13.8. The SMILES string of the molecule is CCCC(C)NC(=O)C(C)Nc1c(F)ccc(C)c1F. The van der Waals surface area contributed by atoms with Crippen LogP contribution in [0.2, 0.25) is 0 Å². The van der Waals surface area contributed by atoms with E-state index in [0.717, 1.165) is 12.8 Å². The molecule has 112 valence electrons. The highest BCUT2D eigenvalue weighted by atomic mass is 19.1. The number of benzene rings is 1. The van der Waals surface area contributed by atoms with E-state index in [1.165, 1.54) is 12.1 Å². The van der Waals surface area contributed by atoms with Gasteiger partial charge in [0.15, 0.2) is 5.82 Å². The molecule has 0 aliphatic rings. The molecule has 3 nitrogen and oxygen atoms in total. The van der Waals surface area contributed by atoms with E-state index in [1.807, 2.05) is 13.8 Å².